The summed E-state index contributed by atoms with van der Waals surface area (Å²) in [5, 5.41) is 0. The Hall–Kier alpha value is -0.690. The maximum Gasteiger partial charge on any atom is 0.0476 e. The van der Waals surface area contributed by atoms with Crippen molar-refractivity contribution in [2.75, 3.05) is 11.9 Å². The second-order valence-corrected chi connectivity index (χ2v) is 6.05. The van der Waals surface area contributed by atoms with Gasteiger partial charge in [0.25, 0.3) is 0 Å². The van der Waals surface area contributed by atoms with Crippen LogP contribution < -0.4 is 4.90 Å². The van der Waals surface area contributed by atoms with E-state index in [9.17, 15) is 0 Å². The van der Waals surface area contributed by atoms with Gasteiger partial charge >= 0.3 is 0 Å². The first kappa shape index (κ1) is 13.7. The van der Waals surface area contributed by atoms with Crippen LogP contribution in [0.1, 0.15) is 43.7 Å². The molecule has 0 spiro atoms. The van der Waals surface area contributed by atoms with Gasteiger partial charge in [0, 0.05) is 24.7 Å². The molecule has 1 aliphatic rings. The summed E-state index contributed by atoms with van der Waals surface area (Å²) in [7, 11) is 2.23. The van der Waals surface area contributed by atoms with E-state index in [1.165, 1.54) is 42.5 Å². The van der Waals surface area contributed by atoms with E-state index >= 15 is 0 Å². The molecule has 100 valence electrons. The van der Waals surface area contributed by atoms with Gasteiger partial charge in [-0.2, -0.15) is 0 Å². The summed E-state index contributed by atoms with van der Waals surface area (Å²) in [6.07, 6.45) is 5.42. The molecule has 1 aliphatic carbocycles. The number of hydrogen-bond donors (Lipinski definition) is 0. The number of anilines is 1. The summed E-state index contributed by atoms with van der Waals surface area (Å²) in [5.74, 6) is 1.48. The number of aryl methyl sites for hydroxylation is 1. The van der Waals surface area contributed by atoms with Crippen molar-refractivity contribution in [3.63, 3.8) is 0 Å². The summed E-state index contributed by atoms with van der Waals surface area (Å²) in [6.45, 7) is 4.53. The Balaban J connectivity index is 2.12. The van der Waals surface area contributed by atoms with Crippen molar-refractivity contribution in [3.05, 3.63) is 29.3 Å². The van der Waals surface area contributed by atoms with E-state index in [1.54, 1.807) is 0 Å². The fourth-order valence-electron chi connectivity index (χ4n) is 3.01. The SMILES string of the molecule is Cc1cc(N(C)C2CCCC(C)C2)ccc1CCl. The summed E-state index contributed by atoms with van der Waals surface area (Å²) >= 11 is 5.92. The van der Waals surface area contributed by atoms with Gasteiger partial charge in [-0.25, -0.2) is 0 Å². The molecular weight excluding hydrogens is 242 g/mol. The maximum atomic E-state index is 5.92. The Kier molecular flexibility index (Phi) is 4.55. The van der Waals surface area contributed by atoms with Gasteiger partial charge < -0.3 is 4.90 Å². The molecule has 0 saturated heterocycles. The number of rotatable bonds is 3. The van der Waals surface area contributed by atoms with Crippen molar-refractivity contribution >= 4 is 17.3 Å². The first-order chi connectivity index (χ1) is 8.61. The third-order valence-electron chi connectivity index (χ3n) is 4.33. The summed E-state index contributed by atoms with van der Waals surface area (Å²) in [6, 6.07) is 7.36. The molecule has 2 unspecified atom stereocenters. The topological polar surface area (TPSA) is 3.24 Å². The number of nitrogens with zero attached hydrogens (tertiary/aromatic N) is 1. The molecule has 2 heteroatoms. The highest BCUT2D eigenvalue weighted by atomic mass is 35.5. The van der Waals surface area contributed by atoms with Crippen molar-refractivity contribution in [3.8, 4) is 0 Å². The second kappa shape index (κ2) is 5.97. The Morgan fingerprint density at radius 2 is 2.11 bits per heavy atom. The Bertz CT molecular complexity index is 402. The van der Waals surface area contributed by atoms with Gasteiger partial charge in [0.1, 0.15) is 0 Å². The van der Waals surface area contributed by atoms with Crippen LogP contribution in [-0.2, 0) is 5.88 Å². The molecule has 0 heterocycles. The normalized spacial score (nSPS) is 24.0. The minimum Gasteiger partial charge on any atom is -0.372 e. The van der Waals surface area contributed by atoms with Gasteiger partial charge in [-0.05, 0) is 48.9 Å². The maximum absolute atomic E-state index is 5.92. The van der Waals surface area contributed by atoms with Gasteiger partial charge in [0.2, 0.25) is 0 Å². The predicted octanol–water partition coefficient (Wildman–Crippen LogP) is 4.75. The molecule has 0 aromatic heterocycles. The van der Waals surface area contributed by atoms with Crippen LogP contribution in [0.5, 0.6) is 0 Å². The fourth-order valence-corrected chi connectivity index (χ4v) is 3.31. The second-order valence-electron chi connectivity index (χ2n) is 5.78. The lowest BCUT2D eigenvalue weighted by molar-refractivity contribution is 0.336. The lowest BCUT2D eigenvalue weighted by Gasteiger charge is -2.36. The molecule has 0 N–H and O–H groups in total. The van der Waals surface area contributed by atoms with E-state index in [0.717, 1.165) is 5.92 Å². The molecule has 1 aromatic rings. The molecule has 1 aromatic carbocycles. The summed E-state index contributed by atoms with van der Waals surface area (Å²) in [5.41, 5.74) is 3.88. The number of alkyl halides is 1. The zero-order valence-corrected chi connectivity index (χ0v) is 12.5. The number of halogens is 1. The third kappa shape index (κ3) is 3.00. The van der Waals surface area contributed by atoms with Crippen molar-refractivity contribution < 1.29 is 0 Å². The molecular formula is C16H24ClN. The number of hydrogen-bond acceptors (Lipinski definition) is 1. The Labute approximate surface area is 116 Å². The molecule has 0 radical (unpaired) electrons. The smallest absolute Gasteiger partial charge is 0.0476 e. The van der Waals surface area contributed by atoms with E-state index in [4.69, 9.17) is 11.6 Å². The van der Waals surface area contributed by atoms with Gasteiger partial charge in [-0.15, -0.1) is 11.6 Å². The van der Waals surface area contributed by atoms with Gasteiger partial charge in [0.05, 0.1) is 0 Å². The molecule has 18 heavy (non-hydrogen) atoms. The molecule has 0 amide bonds. The Morgan fingerprint density at radius 1 is 1.33 bits per heavy atom. The molecule has 1 nitrogen and oxygen atoms in total. The van der Waals surface area contributed by atoms with Crippen LogP contribution in [0.3, 0.4) is 0 Å². The monoisotopic (exact) mass is 265 g/mol. The molecule has 0 bridgehead atoms. The highest BCUT2D eigenvalue weighted by Gasteiger charge is 2.22. The van der Waals surface area contributed by atoms with E-state index in [0.29, 0.717) is 11.9 Å². The molecule has 1 fully saturated rings. The van der Waals surface area contributed by atoms with E-state index in [1.807, 2.05) is 0 Å². The fraction of sp³-hybridized carbons (Fsp3) is 0.625. The molecule has 2 rings (SSSR count). The third-order valence-corrected chi connectivity index (χ3v) is 4.62. The van der Waals surface area contributed by atoms with E-state index in [2.05, 4.69) is 44.0 Å². The quantitative estimate of drug-likeness (QED) is 0.713. The summed E-state index contributed by atoms with van der Waals surface area (Å²) < 4.78 is 0. The molecule has 1 saturated carbocycles. The lowest BCUT2D eigenvalue weighted by Crippen LogP contribution is -2.35. The zero-order chi connectivity index (χ0) is 13.1. The van der Waals surface area contributed by atoms with Crippen molar-refractivity contribution in [2.24, 2.45) is 5.92 Å². The van der Waals surface area contributed by atoms with Crippen molar-refractivity contribution in [1.29, 1.82) is 0 Å². The van der Waals surface area contributed by atoms with Crippen molar-refractivity contribution in [2.45, 2.75) is 51.5 Å². The van der Waals surface area contributed by atoms with Crippen LogP contribution in [0.25, 0.3) is 0 Å². The van der Waals surface area contributed by atoms with Crippen molar-refractivity contribution in [1.82, 2.24) is 0 Å². The van der Waals surface area contributed by atoms with E-state index in [-0.39, 0.29) is 0 Å². The Morgan fingerprint density at radius 3 is 2.72 bits per heavy atom. The minimum atomic E-state index is 0.607. The van der Waals surface area contributed by atoms with E-state index < -0.39 is 0 Å². The average molecular weight is 266 g/mol. The number of benzene rings is 1. The van der Waals surface area contributed by atoms with Gasteiger partial charge in [0.15, 0.2) is 0 Å². The highest BCUT2D eigenvalue weighted by Crippen LogP contribution is 2.30. The zero-order valence-electron chi connectivity index (χ0n) is 11.7. The molecule has 2 atom stereocenters. The van der Waals surface area contributed by atoms with Crippen LogP contribution in [-0.4, -0.2) is 13.1 Å². The van der Waals surface area contributed by atoms with Gasteiger partial charge in [-0.3, -0.25) is 0 Å². The van der Waals surface area contributed by atoms with Crippen LogP contribution >= 0.6 is 11.6 Å². The minimum absolute atomic E-state index is 0.607. The average Bonchev–Trinajstić information content (AvgIpc) is 2.37. The first-order valence-electron chi connectivity index (χ1n) is 7.00. The first-order valence-corrected chi connectivity index (χ1v) is 7.53. The lowest BCUT2D eigenvalue weighted by atomic mass is 9.86. The van der Waals surface area contributed by atoms with Gasteiger partial charge in [-0.1, -0.05) is 25.8 Å². The largest absolute Gasteiger partial charge is 0.372 e. The highest BCUT2D eigenvalue weighted by molar-refractivity contribution is 6.17. The predicted molar refractivity (Wildman–Crippen MR) is 80.6 cm³/mol. The van der Waals surface area contributed by atoms with Crippen LogP contribution in [0.15, 0.2) is 18.2 Å². The summed E-state index contributed by atoms with van der Waals surface area (Å²) in [4.78, 5) is 2.46. The standard InChI is InChI=1S/C16H24ClN/c1-12-5-4-6-15(9-12)18(3)16-8-7-14(11-17)13(2)10-16/h7-8,10,12,15H,4-6,9,11H2,1-3H3. The van der Waals surface area contributed by atoms with Crippen LogP contribution in [0, 0.1) is 12.8 Å². The molecule has 0 aliphatic heterocycles. The van der Waals surface area contributed by atoms with Crippen LogP contribution in [0.2, 0.25) is 0 Å². The van der Waals surface area contributed by atoms with Crippen LogP contribution in [0.4, 0.5) is 5.69 Å².